The molecule has 0 radical (unpaired) electrons. The van der Waals surface area contributed by atoms with E-state index in [1.165, 1.54) is 11.3 Å². The Labute approximate surface area is 262 Å². The third-order valence-electron chi connectivity index (χ3n) is 7.31. The molecule has 2 amide bonds. The van der Waals surface area contributed by atoms with Crippen LogP contribution >= 0.6 is 11.3 Å². The van der Waals surface area contributed by atoms with Crippen molar-refractivity contribution in [3.05, 3.63) is 93.9 Å². The number of ether oxygens (including phenoxy) is 3. The van der Waals surface area contributed by atoms with Crippen LogP contribution in [0.3, 0.4) is 0 Å². The Hall–Kier alpha value is -4.09. The Morgan fingerprint density at radius 3 is 2.57 bits per heavy atom. The maximum Gasteiger partial charge on any atom is 0.258 e. The van der Waals surface area contributed by atoms with Gasteiger partial charge in [0.05, 0.1) is 38.5 Å². The summed E-state index contributed by atoms with van der Waals surface area (Å²) in [4.78, 5) is 33.8. The molecule has 44 heavy (non-hydrogen) atoms. The number of thiazole rings is 1. The second-order valence-electron chi connectivity index (χ2n) is 10.5. The first-order valence-electron chi connectivity index (χ1n) is 14.8. The molecular formula is C34H38N4O5S. The van der Waals surface area contributed by atoms with Gasteiger partial charge in [0, 0.05) is 34.8 Å². The molecular weight excluding hydrogens is 576 g/mol. The largest absolute Gasteiger partial charge is 0.491 e. The molecule has 0 unspecified atom stereocenters. The third-order valence-corrected chi connectivity index (χ3v) is 8.19. The van der Waals surface area contributed by atoms with Crippen LogP contribution in [0.2, 0.25) is 0 Å². The third kappa shape index (κ3) is 7.89. The van der Waals surface area contributed by atoms with Crippen molar-refractivity contribution in [2.24, 2.45) is 5.73 Å². The number of fused-ring (bicyclic) bond motifs is 1. The average molecular weight is 615 g/mol. The van der Waals surface area contributed by atoms with E-state index in [1.807, 2.05) is 79.4 Å². The molecule has 0 fully saturated rings. The zero-order valence-electron chi connectivity index (χ0n) is 25.1. The number of nitrogens with two attached hydrogens (primary N) is 1. The predicted octanol–water partition coefficient (Wildman–Crippen LogP) is 5.18. The maximum absolute atomic E-state index is 13.3. The van der Waals surface area contributed by atoms with Crippen molar-refractivity contribution in [2.75, 3.05) is 56.3 Å². The van der Waals surface area contributed by atoms with Gasteiger partial charge in [0.1, 0.15) is 12.4 Å². The average Bonchev–Trinajstić information content (AvgIpc) is 3.61. The quantitative estimate of drug-likeness (QED) is 0.188. The van der Waals surface area contributed by atoms with Gasteiger partial charge in [0.2, 0.25) is 5.91 Å². The highest BCUT2D eigenvalue weighted by atomic mass is 32.1. The summed E-state index contributed by atoms with van der Waals surface area (Å²) in [5.41, 5.74) is 11.8. The van der Waals surface area contributed by atoms with Crippen molar-refractivity contribution in [1.82, 2.24) is 4.98 Å². The Morgan fingerprint density at radius 2 is 1.75 bits per heavy atom. The maximum atomic E-state index is 13.3. The summed E-state index contributed by atoms with van der Waals surface area (Å²) in [6, 6.07) is 21.3. The fourth-order valence-corrected chi connectivity index (χ4v) is 6.01. The number of aryl methyl sites for hydroxylation is 2. The van der Waals surface area contributed by atoms with Crippen LogP contribution in [0.5, 0.6) is 5.75 Å². The van der Waals surface area contributed by atoms with Gasteiger partial charge < -0.3 is 30.2 Å². The SMILES string of the molecule is Cc1ccccc1C(=O)N1CCc2cc(-c3nc(NC(=O)Cc4cccc(OCCOCCOCCN)c4)sc3C)ccc21. The normalized spacial score (nSPS) is 12.3. The van der Waals surface area contributed by atoms with E-state index in [0.717, 1.165) is 50.5 Å². The lowest BCUT2D eigenvalue weighted by molar-refractivity contribution is -0.115. The Kier molecular flexibility index (Phi) is 10.7. The van der Waals surface area contributed by atoms with Gasteiger partial charge in [-0.15, -0.1) is 11.3 Å². The molecule has 10 heteroatoms. The number of nitrogens with zero attached hydrogens (tertiary/aromatic N) is 2. The zero-order valence-corrected chi connectivity index (χ0v) is 26.0. The lowest BCUT2D eigenvalue weighted by atomic mass is 10.0. The van der Waals surface area contributed by atoms with E-state index >= 15 is 0 Å². The number of aromatic nitrogens is 1. The lowest BCUT2D eigenvalue weighted by Crippen LogP contribution is -2.29. The number of nitrogens with one attached hydrogen (secondary N) is 1. The van der Waals surface area contributed by atoms with Crippen molar-refractivity contribution in [3.8, 4) is 17.0 Å². The Balaban J connectivity index is 1.15. The molecule has 4 aromatic rings. The van der Waals surface area contributed by atoms with Crippen LogP contribution in [0.1, 0.15) is 31.9 Å². The number of anilines is 2. The standard InChI is InChI=1S/C34H38N4O5S/c1-23-6-3-4-9-29(23)33(40)38-14-12-26-22-27(10-11-30(26)38)32-24(2)44-34(37-32)36-31(39)21-25-7-5-8-28(20-25)43-19-18-42-17-16-41-15-13-35/h3-11,20,22H,12-19,21,35H2,1-2H3,(H,36,37,39). The van der Waals surface area contributed by atoms with Crippen LogP contribution in [0.15, 0.2) is 66.7 Å². The second-order valence-corrected chi connectivity index (χ2v) is 11.7. The van der Waals surface area contributed by atoms with E-state index in [0.29, 0.717) is 57.0 Å². The van der Waals surface area contributed by atoms with Gasteiger partial charge in [-0.2, -0.15) is 0 Å². The number of hydrogen-bond donors (Lipinski definition) is 2. The van der Waals surface area contributed by atoms with Crippen LogP contribution in [-0.4, -0.2) is 62.9 Å². The summed E-state index contributed by atoms with van der Waals surface area (Å²) in [7, 11) is 0. The van der Waals surface area contributed by atoms with Crippen LogP contribution in [0.4, 0.5) is 10.8 Å². The minimum Gasteiger partial charge on any atom is -0.491 e. The van der Waals surface area contributed by atoms with Crippen molar-refractivity contribution in [1.29, 1.82) is 0 Å². The smallest absolute Gasteiger partial charge is 0.258 e. The molecule has 1 aromatic heterocycles. The van der Waals surface area contributed by atoms with Gasteiger partial charge >= 0.3 is 0 Å². The fraction of sp³-hybridized carbons (Fsp3) is 0.324. The highest BCUT2D eigenvalue weighted by Gasteiger charge is 2.27. The van der Waals surface area contributed by atoms with E-state index in [2.05, 4.69) is 11.4 Å². The number of amides is 2. The lowest BCUT2D eigenvalue weighted by Gasteiger charge is -2.18. The van der Waals surface area contributed by atoms with Crippen molar-refractivity contribution in [2.45, 2.75) is 26.7 Å². The van der Waals surface area contributed by atoms with Gasteiger partial charge in [-0.25, -0.2) is 4.98 Å². The minimum atomic E-state index is -0.150. The molecule has 0 saturated carbocycles. The Bertz CT molecular complexity index is 1600. The molecule has 0 aliphatic carbocycles. The molecule has 0 spiro atoms. The first-order valence-corrected chi connectivity index (χ1v) is 15.6. The number of hydrogen-bond acceptors (Lipinski definition) is 8. The van der Waals surface area contributed by atoms with Gasteiger partial charge in [-0.3, -0.25) is 9.59 Å². The van der Waals surface area contributed by atoms with Gasteiger partial charge in [-0.05, 0) is 67.3 Å². The topological polar surface area (TPSA) is 116 Å². The highest BCUT2D eigenvalue weighted by molar-refractivity contribution is 7.16. The Morgan fingerprint density at radius 1 is 0.955 bits per heavy atom. The molecule has 1 aliphatic rings. The van der Waals surface area contributed by atoms with Gasteiger partial charge in [0.15, 0.2) is 5.13 Å². The molecule has 9 nitrogen and oxygen atoms in total. The van der Waals surface area contributed by atoms with E-state index in [1.54, 1.807) is 0 Å². The summed E-state index contributed by atoms with van der Waals surface area (Å²) >= 11 is 1.45. The van der Waals surface area contributed by atoms with Gasteiger partial charge in [0.25, 0.3) is 5.91 Å². The van der Waals surface area contributed by atoms with E-state index in [-0.39, 0.29) is 18.2 Å². The van der Waals surface area contributed by atoms with Crippen LogP contribution in [0.25, 0.3) is 11.3 Å². The van der Waals surface area contributed by atoms with Crippen LogP contribution in [-0.2, 0) is 27.1 Å². The van der Waals surface area contributed by atoms with Crippen LogP contribution < -0.4 is 20.7 Å². The number of benzene rings is 3. The van der Waals surface area contributed by atoms with E-state index < -0.39 is 0 Å². The summed E-state index contributed by atoms with van der Waals surface area (Å²) < 4.78 is 16.5. The monoisotopic (exact) mass is 614 g/mol. The number of carbonyl (C=O) groups is 2. The first kappa shape index (κ1) is 31.3. The summed E-state index contributed by atoms with van der Waals surface area (Å²) in [6.45, 7) is 7.47. The zero-order chi connectivity index (χ0) is 30.9. The highest BCUT2D eigenvalue weighted by Crippen LogP contribution is 2.36. The molecule has 3 aromatic carbocycles. The summed E-state index contributed by atoms with van der Waals surface area (Å²) in [5.74, 6) is 0.555. The van der Waals surface area contributed by atoms with Crippen molar-refractivity contribution < 1.29 is 23.8 Å². The van der Waals surface area contributed by atoms with E-state index in [4.69, 9.17) is 24.9 Å². The molecule has 0 bridgehead atoms. The molecule has 3 N–H and O–H groups in total. The first-order chi connectivity index (χ1) is 21.4. The number of rotatable bonds is 14. The molecule has 1 aliphatic heterocycles. The van der Waals surface area contributed by atoms with Gasteiger partial charge in [-0.1, -0.05) is 36.4 Å². The second kappa shape index (κ2) is 15.1. The molecule has 0 saturated heterocycles. The fourth-order valence-electron chi connectivity index (χ4n) is 5.15. The van der Waals surface area contributed by atoms with E-state index in [9.17, 15) is 9.59 Å². The minimum absolute atomic E-state index is 0.0239. The number of carbonyl (C=O) groups excluding carboxylic acids is 2. The summed E-state index contributed by atoms with van der Waals surface area (Å²) in [5, 5.41) is 3.51. The van der Waals surface area contributed by atoms with Crippen molar-refractivity contribution >= 4 is 34.0 Å². The molecule has 2 heterocycles. The van der Waals surface area contributed by atoms with Crippen molar-refractivity contribution in [3.63, 3.8) is 0 Å². The summed E-state index contributed by atoms with van der Waals surface area (Å²) in [6.07, 6.45) is 0.983. The molecule has 230 valence electrons. The molecule has 5 rings (SSSR count). The molecule has 0 atom stereocenters. The predicted molar refractivity (Wildman–Crippen MR) is 174 cm³/mol. The van der Waals surface area contributed by atoms with Crippen LogP contribution in [0, 0.1) is 13.8 Å².